The Labute approximate surface area is 142 Å². The Bertz CT molecular complexity index is 708. The zero-order valence-corrected chi connectivity index (χ0v) is 13.8. The maximum absolute atomic E-state index is 12.6. The Balaban J connectivity index is 1.99. The molecular formula is C16H16ClF3N2O2. The molecule has 0 fully saturated rings. The van der Waals surface area contributed by atoms with Gasteiger partial charge >= 0.3 is 6.18 Å². The number of pyridine rings is 1. The molecule has 1 aromatic heterocycles. The molecule has 0 radical (unpaired) electrons. The molecule has 0 atom stereocenters. The molecule has 8 heteroatoms. The average Bonchev–Trinajstić information content (AvgIpc) is 2.55. The highest BCUT2D eigenvalue weighted by Crippen LogP contribution is 2.32. The maximum Gasteiger partial charge on any atom is 0.417 e. The highest BCUT2D eigenvalue weighted by Gasteiger charge is 2.31. The first-order valence-electron chi connectivity index (χ1n) is 7.02. The van der Waals surface area contributed by atoms with E-state index in [0.29, 0.717) is 24.5 Å². The van der Waals surface area contributed by atoms with Crippen molar-refractivity contribution in [2.45, 2.75) is 12.6 Å². The number of aromatic nitrogens is 1. The molecule has 0 spiro atoms. The lowest BCUT2D eigenvalue weighted by atomic mass is 10.1. The van der Waals surface area contributed by atoms with Crippen molar-refractivity contribution in [2.75, 3.05) is 26.1 Å². The van der Waals surface area contributed by atoms with E-state index in [1.165, 1.54) is 0 Å². The van der Waals surface area contributed by atoms with Gasteiger partial charge in [-0.15, -0.1) is 0 Å². The number of ether oxygens (including phenoxy) is 2. The van der Waals surface area contributed by atoms with Crippen LogP contribution < -0.4 is 14.8 Å². The van der Waals surface area contributed by atoms with Crippen molar-refractivity contribution >= 4 is 17.4 Å². The summed E-state index contributed by atoms with van der Waals surface area (Å²) in [6, 6.07) is 6.36. The van der Waals surface area contributed by atoms with Crippen molar-refractivity contribution in [1.29, 1.82) is 0 Å². The highest BCUT2D eigenvalue weighted by molar-refractivity contribution is 6.32. The summed E-state index contributed by atoms with van der Waals surface area (Å²) in [5.74, 6) is 1.45. The van der Waals surface area contributed by atoms with Gasteiger partial charge in [0.2, 0.25) is 0 Å². The van der Waals surface area contributed by atoms with E-state index in [1.807, 2.05) is 12.1 Å². The number of rotatable bonds is 6. The third-order valence-corrected chi connectivity index (χ3v) is 3.61. The third-order valence-electron chi connectivity index (χ3n) is 3.32. The van der Waals surface area contributed by atoms with Crippen LogP contribution in [0.4, 0.5) is 19.0 Å². The number of nitrogens with zero attached hydrogens (tertiary/aromatic N) is 1. The lowest BCUT2D eigenvalue weighted by Gasteiger charge is -2.12. The molecule has 1 N–H and O–H groups in total. The zero-order chi connectivity index (χ0) is 17.7. The summed E-state index contributed by atoms with van der Waals surface area (Å²) in [7, 11) is 3.10. The predicted molar refractivity (Wildman–Crippen MR) is 86.0 cm³/mol. The second-order valence-electron chi connectivity index (χ2n) is 4.92. The van der Waals surface area contributed by atoms with E-state index in [4.69, 9.17) is 21.1 Å². The van der Waals surface area contributed by atoms with E-state index < -0.39 is 11.7 Å². The summed E-state index contributed by atoms with van der Waals surface area (Å²) in [5, 5.41) is 2.85. The Morgan fingerprint density at radius 3 is 2.42 bits per heavy atom. The Morgan fingerprint density at radius 1 is 1.12 bits per heavy atom. The number of hydrogen-bond donors (Lipinski definition) is 1. The van der Waals surface area contributed by atoms with Crippen LogP contribution in [0.2, 0.25) is 5.02 Å². The molecule has 2 rings (SSSR count). The number of halogens is 4. The molecule has 2 aromatic rings. The fourth-order valence-electron chi connectivity index (χ4n) is 2.08. The molecule has 0 saturated carbocycles. The van der Waals surface area contributed by atoms with Crippen LogP contribution in [0.25, 0.3) is 0 Å². The van der Waals surface area contributed by atoms with Gasteiger partial charge in [0.15, 0.2) is 11.5 Å². The first-order valence-corrected chi connectivity index (χ1v) is 7.40. The smallest absolute Gasteiger partial charge is 0.417 e. The lowest BCUT2D eigenvalue weighted by Crippen LogP contribution is -2.10. The van der Waals surface area contributed by atoms with E-state index >= 15 is 0 Å². The summed E-state index contributed by atoms with van der Waals surface area (Å²) in [6.07, 6.45) is -3.10. The predicted octanol–water partition coefficient (Wildman–Crippen LogP) is 4.43. The number of nitrogens with one attached hydrogen (secondary N) is 1. The van der Waals surface area contributed by atoms with Crippen LogP contribution in [0.5, 0.6) is 11.5 Å². The quantitative estimate of drug-likeness (QED) is 0.827. The first-order chi connectivity index (χ1) is 11.3. The summed E-state index contributed by atoms with van der Waals surface area (Å²) < 4.78 is 48.1. The van der Waals surface area contributed by atoms with E-state index in [-0.39, 0.29) is 10.8 Å². The standard InChI is InChI=1S/C16H16ClF3N2O2/c1-23-13-4-3-10(7-14(13)24-2)5-6-21-15-12(17)8-11(9-22-15)16(18,19)20/h3-4,7-9H,5-6H2,1-2H3,(H,21,22). The molecule has 130 valence electrons. The van der Waals surface area contributed by atoms with Gasteiger partial charge in [-0.05, 0) is 30.2 Å². The van der Waals surface area contributed by atoms with Crippen LogP contribution in [0.3, 0.4) is 0 Å². The first kappa shape index (κ1) is 18.2. The second kappa shape index (κ2) is 7.61. The molecule has 0 aliphatic carbocycles. The van der Waals surface area contributed by atoms with Crippen molar-refractivity contribution in [3.8, 4) is 11.5 Å². The molecule has 0 saturated heterocycles. The Hall–Kier alpha value is -2.15. The lowest BCUT2D eigenvalue weighted by molar-refractivity contribution is -0.137. The minimum atomic E-state index is -4.46. The van der Waals surface area contributed by atoms with Gasteiger partial charge in [0, 0.05) is 12.7 Å². The third kappa shape index (κ3) is 4.44. The fourth-order valence-corrected chi connectivity index (χ4v) is 2.32. The molecule has 0 bridgehead atoms. The normalized spacial score (nSPS) is 11.2. The van der Waals surface area contributed by atoms with Crippen molar-refractivity contribution in [3.05, 3.63) is 46.6 Å². The maximum atomic E-state index is 12.6. The van der Waals surface area contributed by atoms with Gasteiger partial charge in [-0.3, -0.25) is 0 Å². The van der Waals surface area contributed by atoms with Gasteiger partial charge in [-0.2, -0.15) is 13.2 Å². The summed E-state index contributed by atoms with van der Waals surface area (Å²) in [6.45, 7) is 0.452. The number of benzene rings is 1. The Morgan fingerprint density at radius 2 is 1.83 bits per heavy atom. The molecule has 24 heavy (non-hydrogen) atoms. The van der Waals surface area contributed by atoms with E-state index in [9.17, 15) is 13.2 Å². The van der Waals surface area contributed by atoms with Crippen LogP contribution in [0.15, 0.2) is 30.5 Å². The van der Waals surface area contributed by atoms with Gasteiger partial charge < -0.3 is 14.8 Å². The van der Waals surface area contributed by atoms with E-state index in [2.05, 4.69) is 10.3 Å². The largest absolute Gasteiger partial charge is 0.493 e. The van der Waals surface area contributed by atoms with Crippen LogP contribution >= 0.6 is 11.6 Å². The monoisotopic (exact) mass is 360 g/mol. The van der Waals surface area contributed by atoms with Gasteiger partial charge in [-0.1, -0.05) is 17.7 Å². The van der Waals surface area contributed by atoms with Gasteiger partial charge in [0.1, 0.15) is 5.82 Å². The molecular weight excluding hydrogens is 345 g/mol. The van der Waals surface area contributed by atoms with Crippen LogP contribution in [0.1, 0.15) is 11.1 Å². The van der Waals surface area contributed by atoms with Crippen LogP contribution in [-0.2, 0) is 12.6 Å². The summed E-state index contributed by atoms with van der Waals surface area (Å²) in [4.78, 5) is 3.73. The molecule has 0 amide bonds. The zero-order valence-electron chi connectivity index (χ0n) is 13.1. The van der Waals surface area contributed by atoms with Gasteiger partial charge in [0.05, 0.1) is 24.8 Å². The number of alkyl halides is 3. The Kier molecular flexibility index (Phi) is 5.77. The summed E-state index contributed by atoms with van der Waals surface area (Å²) >= 11 is 5.84. The molecule has 0 unspecified atom stereocenters. The van der Waals surface area contributed by atoms with Crippen molar-refractivity contribution < 1.29 is 22.6 Å². The second-order valence-corrected chi connectivity index (χ2v) is 5.33. The van der Waals surface area contributed by atoms with Gasteiger partial charge in [0.25, 0.3) is 0 Å². The molecule has 1 aromatic carbocycles. The minimum absolute atomic E-state index is 0.0721. The molecule has 0 aliphatic heterocycles. The van der Waals surface area contributed by atoms with Crippen molar-refractivity contribution in [3.63, 3.8) is 0 Å². The van der Waals surface area contributed by atoms with Crippen LogP contribution in [0, 0.1) is 0 Å². The number of hydrogen-bond acceptors (Lipinski definition) is 4. The van der Waals surface area contributed by atoms with Crippen LogP contribution in [-0.4, -0.2) is 25.7 Å². The molecule has 4 nitrogen and oxygen atoms in total. The van der Waals surface area contributed by atoms with E-state index in [1.54, 1.807) is 20.3 Å². The number of anilines is 1. The van der Waals surface area contributed by atoms with Crippen molar-refractivity contribution in [2.24, 2.45) is 0 Å². The number of methoxy groups -OCH3 is 2. The molecule has 0 aliphatic rings. The highest BCUT2D eigenvalue weighted by atomic mass is 35.5. The van der Waals surface area contributed by atoms with E-state index in [0.717, 1.165) is 17.8 Å². The topological polar surface area (TPSA) is 43.4 Å². The minimum Gasteiger partial charge on any atom is -0.493 e. The van der Waals surface area contributed by atoms with Gasteiger partial charge in [-0.25, -0.2) is 4.98 Å². The summed E-state index contributed by atoms with van der Waals surface area (Å²) in [5.41, 5.74) is 0.0983. The molecule has 1 heterocycles. The fraction of sp³-hybridized carbons (Fsp3) is 0.312. The SMILES string of the molecule is COc1ccc(CCNc2ncc(C(F)(F)F)cc2Cl)cc1OC. The van der Waals surface area contributed by atoms with Crippen molar-refractivity contribution in [1.82, 2.24) is 4.98 Å². The average molecular weight is 361 g/mol.